The van der Waals surface area contributed by atoms with Crippen molar-refractivity contribution in [1.29, 1.82) is 0 Å². The van der Waals surface area contributed by atoms with Gasteiger partial charge in [0.2, 0.25) is 0 Å². The van der Waals surface area contributed by atoms with Crippen LogP contribution in [0.5, 0.6) is 0 Å². The molecule has 0 saturated heterocycles. The number of nitrogens with one attached hydrogen (secondary N) is 1. The maximum Gasteiger partial charge on any atom is 0.355 e. The van der Waals surface area contributed by atoms with E-state index >= 15 is 0 Å². The number of carbonyl (C=O) groups is 2. The first-order valence-electron chi connectivity index (χ1n) is 8.34. The highest BCUT2D eigenvalue weighted by Gasteiger charge is 2.21. The normalized spacial score (nSPS) is 11.6. The minimum absolute atomic E-state index is 0.379. The molecule has 0 bridgehead atoms. The SMILES string of the molecule is C[C@H](OC(=O)c1cccn1C)C(=O)Nc1ccccc1-c1ccccc1. The van der Waals surface area contributed by atoms with E-state index in [0.29, 0.717) is 11.4 Å². The van der Waals surface area contributed by atoms with E-state index in [9.17, 15) is 9.59 Å². The summed E-state index contributed by atoms with van der Waals surface area (Å²) in [4.78, 5) is 24.7. The van der Waals surface area contributed by atoms with Crippen molar-refractivity contribution in [2.45, 2.75) is 13.0 Å². The van der Waals surface area contributed by atoms with Gasteiger partial charge in [-0.2, -0.15) is 0 Å². The fourth-order valence-electron chi connectivity index (χ4n) is 2.64. The maximum absolute atomic E-state index is 12.5. The number of aromatic nitrogens is 1. The number of carbonyl (C=O) groups excluding carboxylic acids is 2. The van der Waals surface area contributed by atoms with E-state index in [4.69, 9.17) is 4.74 Å². The molecule has 1 heterocycles. The molecule has 5 nitrogen and oxygen atoms in total. The van der Waals surface area contributed by atoms with Gasteiger partial charge < -0.3 is 14.6 Å². The second-order valence-electron chi connectivity index (χ2n) is 5.95. The van der Waals surface area contributed by atoms with Gasteiger partial charge in [0.15, 0.2) is 6.10 Å². The van der Waals surface area contributed by atoms with Gasteiger partial charge in [0, 0.05) is 24.5 Å². The van der Waals surface area contributed by atoms with Gasteiger partial charge in [-0.25, -0.2) is 4.79 Å². The third-order valence-corrected chi connectivity index (χ3v) is 4.08. The molecule has 5 heteroatoms. The maximum atomic E-state index is 12.5. The first-order chi connectivity index (χ1) is 12.6. The standard InChI is InChI=1S/C21H20N2O3/c1-15(26-21(25)19-13-8-14-23(19)2)20(24)22-18-12-7-6-11-17(18)16-9-4-3-5-10-16/h3-15H,1-2H3,(H,22,24)/t15-/m0/s1. The van der Waals surface area contributed by atoms with Crippen LogP contribution in [0.1, 0.15) is 17.4 Å². The summed E-state index contributed by atoms with van der Waals surface area (Å²) in [7, 11) is 1.75. The molecule has 0 saturated carbocycles. The monoisotopic (exact) mass is 348 g/mol. The number of nitrogens with zero attached hydrogens (tertiary/aromatic N) is 1. The Morgan fingerprint density at radius 3 is 2.35 bits per heavy atom. The van der Waals surface area contributed by atoms with Crippen molar-refractivity contribution in [3.63, 3.8) is 0 Å². The van der Waals surface area contributed by atoms with Crippen LogP contribution in [0.2, 0.25) is 0 Å². The lowest BCUT2D eigenvalue weighted by molar-refractivity contribution is -0.123. The summed E-state index contributed by atoms with van der Waals surface area (Å²) in [5.74, 6) is -0.910. The molecule has 0 radical (unpaired) electrons. The third kappa shape index (κ3) is 3.83. The molecule has 0 spiro atoms. The summed E-state index contributed by atoms with van der Waals surface area (Å²) in [6.07, 6.45) is 0.832. The second-order valence-corrected chi connectivity index (χ2v) is 5.95. The van der Waals surface area contributed by atoms with Crippen LogP contribution in [-0.2, 0) is 16.6 Å². The Bertz CT molecular complexity index is 916. The molecule has 0 aliphatic rings. The smallest absolute Gasteiger partial charge is 0.355 e. The number of amides is 1. The lowest BCUT2D eigenvalue weighted by Crippen LogP contribution is -2.30. The van der Waals surface area contributed by atoms with Crippen molar-refractivity contribution >= 4 is 17.6 Å². The van der Waals surface area contributed by atoms with Gasteiger partial charge in [-0.15, -0.1) is 0 Å². The van der Waals surface area contributed by atoms with Crippen LogP contribution in [0.3, 0.4) is 0 Å². The number of hydrogen-bond acceptors (Lipinski definition) is 3. The molecule has 132 valence electrons. The van der Waals surface area contributed by atoms with Gasteiger partial charge in [-0.1, -0.05) is 48.5 Å². The van der Waals surface area contributed by atoms with Crippen LogP contribution in [0.25, 0.3) is 11.1 Å². The molecule has 0 aliphatic heterocycles. The summed E-state index contributed by atoms with van der Waals surface area (Å²) >= 11 is 0. The molecule has 0 unspecified atom stereocenters. The highest BCUT2D eigenvalue weighted by molar-refractivity contribution is 5.99. The average Bonchev–Trinajstić information content (AvgIpc) is 3.09. The fourth-order valence-corrected chi connectivity index (χ4v) is 2.64. The zero-order chi connectivity index (χ0) is 18.5. The third-order valence-electron chi connectivity index (χ3n) is 4.08. The van der Waals surface area contributed by atoms with Crippen molar-refractivity contribution < 1.29 is 14.3 Å². The Hall–Kier alpha value is -3.34. The molecular weight excluding hydrogens is 328 g/mol. The first-order valence-corrected chi connectivity index (χ1v) is 8.34. The number of benzene rings is 2. The molecule has 0 fully saturated rings. The second kappa shape index (κ2) is 7.70. The molecule has 1 atom stereocenters. The summed E-state index contributed by atoms with van der Waals surface area (Å²) in [6, 6.07) is 20.7. The van der Waals surface area contributed by atoms with Crippen molar-refractivity contribution in [3.05, 3.63) is 78.6 Å². The number of hydrogen-bond donors (Lipinski definition) is 1. The minimum atomic E-state index is -0.916. The summed E-state index contributed by atoms with van der Waals surface area (Å²) in [5.41, 5.74) is 2.97. The predicted molar refractivity (Wildman–Crippen MR) is 101 cm³/mol. The predicted octanol–water partition coefficient (Wildman–Crippen LogP) is 3.88. The van der Waals surface area contributed by atoms with Crippen LogP contribution < -0.4 is 5.32 Å². The number of aryl methyl sites for hydroxylation is 1. The van der Waals surface area contributed by atoms with E-state index in [1.807, 2.05) is 54.6 Å². The largest absolute Gasteiger partial charge is 0.448 e. The fraction of sp³-hybridized carbons (Fsp3) is 0.143. The number of ether oxygens (including phenoxy) is 1. The zero-order valence-corrected chi connectivity index (χ0v) is 14.7. The molecule has 3 aromatic rings. The summed E-state index contributed by atoms with van der Waals surface area (Å²) < 4.78 is 6.93. The van der Waals surface area contributed by atoms with E-state index in [1.165, 1.54) is 0 Å². The van der Waals surface area contributed by atoms with Crippen molar-refractivity contribution in [1.82, 2.24) is 4.57 Å². The van der Waals surface area contributed by atoms with E-state index in [1.54, 1.807) is 36.9 Å². The van der Waals surface area contributed by atoms with E-state index in [-0.39, 0.29) is 5.91 Å². The average molecular weight is 348 g/mol. The molecule has 3 rings (SSSR count). The summed E-state index contributed by atoms with van der Waals surface area (Å²) in [5, 5.41) is 2.85. The van der Waals surface area contributed by atoms with Gasteiger partial charge in [0.1, 0.15) is 5.69 Å². The quantitative estimate of drug-likeness (QED) is 0.712. The summed E-state index contributed by atoms with van der Waals surface area (Å²) in [6.45, 7) is 1.56. The molecule has 2 aromatic carbocycles. The first kappa shape index (κ1) is 17.5. The van der Waals surface area contributed by atoms with Crippen LogP contribution in [0.4, 0.5) is 5.69 Å². The van der Waals surface area contributed by atoms with Gasteiger partial charge in [0.25, 0.3) is 5.91 Å². The van der Waals surface area contributed by atoms with Gasteiger partial charge in [-0.05, 0) is 30.7 Å². The Morgan fingerprint density at radius 1 is 0.962 bits per heavy atom. The van der Waals surface area contributed by atoms with E-state index < -0.39 is 12.1 Å². The van der Waals surface area contributed by atoms with Crippen LogP contribution in [0, 0.1) is 0 Å². The molecule has 1 amide bonds. The van der Waals surface area contributed by atoms with Crippen molar-refractivity contribution in [2.75, 3.05) is 5.32 Å². The highest BCUT2D eigenvalue weighted by Crippen LogP contribution is 2.27. The highest BCUT2D eigenvalue weighted by atomic mass is 16.5. The molecule has 26 heavy (non-hydrogen) atoms. The van der Waals surface area contributed by atoms with Crippen molar-refractivity contribution in [2.24, 2.45) is 7.05 Å². The molecule has 1 aromatic heterocycles. The Balaban J connectivity index is 1.72. The lowest BCUT2D eigenvalue weighted by atomic mass is 10.0. The van der Waals surface area contributed by atoms with Gasteiger partial charge in [-0.3, -0.25) is 4.79 Å². The number of anilines is 1. The number of rotatable bonds is 5. The number of esters is 1. The number of para-hydroxylation sites is 1. The van der Waals surface area contributed by atoms with Crippen molar-refractivity contribution in [3.8, 4) is 11.1 Å². The van der Waals surface area contributed by atoms with Crippen LogP contribution >= 0.6 is 0 Å². The Morgan fingerprint density at radius 2 is 1.65 bits per heavy atom. The minimum Gasteiger partial charge on any atom is -0.448 e. The van der Waals surface area contributed by atoms with Gasteiger partial charge >= 0.3 is 5.97 Å². The van der Waals surface area contributed by atoms with Gasteiger partial charge in [0.05, 0.1) is 0 Å². The molecular formula is C21H20N2O3. The zero-order valence-electron chi connectivity index (χ0n) is 14.7. The Labute approximate surface area is 152 Å². The topological polar surface area (TPSA) is 60.3 Å². The van der Waals surface area contributed by atoms with E-state index in [0.717, 1.165) is 11.1 Å². The molecule has 0 aliphatic carbocycles. The lowest BCUT2D eigenvalue weighted by Gasteiger charge is -2.16. The molecule has 1 N–H and O–H groups in total. The Kier molecular flexibility index (Phi) is 5.17. The van der Waals surface area contributed by atoms with Crippen LogP contribution in [-0.4, -0.2) is 22.5 Å². The van der Waals surface area contributed by atoms with Crippen LogP contribution in [0.15, 0.2) is 72.9 Å². The van der Waals surface area contributed by atoms with E-state index in [2.05, 4.69) is 5.32 Å².